The molecule has 0 aromatic heterocycles. The van der Waals surface area contributed by atoms with E-state index >= 15 is 0 Å². The molecular formula is C17H31NO. The fraction of sp³-hybridized carbons (Fsp3) is 1.00. The summed E-state index contributed by atoms with van der Waals surface area (Å²) < 4.78 is 0. The van der Waals surface area contributed by atoms with Gasteiger partial charge in [0.15, 0.2) is 0 Å². The number of hydrogen-bond donors (Lipinski definition) is 1. The summed E-state index contributed by atoms with van der Waals surface area (Å²) in [7, 11) is 0. The maximum absolute atomic E-state index is 10.3. The minimum atomic E-state index is -0.0199. The monoisotopic (exact) mass is 265 g/mol. The summed E-state index contributed by atoms with van der Waals surface area (Å²) in [6.45, 7) is 4.80. The molecule has 3 aliphatic rings. The van der Waals surface area contributed by atoms with Crippen LogP contribution in [0.5, 0.6) is 0 Å². The van der Waals surface area contributed by atoms with Crippen LogP contribution in [0.15, 0.2) is 0 Å². The van der Waals surface area contributed by atoms with E-state index in [1.807, 2.05) is 0 Å². The van der Waals surface area contributed by atoms with E-state index in [0.29, 0.717) is 5.92 Å². The lowest BCUT2D eigenvalue weighted by Gasteiger charge is -2.37. The van der Waals surface area contributed by atoms with Crippen LogP contribution in [0.25, 0.3) is 0 Å². The van der Waals surface area contributed by atoms with Gasteiger partial charge in [0.2, 0.25) is 0 Å². The number of hydrogen-bond acceptors (Lipinski definition) is 2. The van der Waals surface area contributed by atoms with Gasteiger partial charge in [-0.1, -0.05) is 19.8 Å². The van der Waals surface area contributed by atoms with Gasteiger partial charge in [0.05, 0.1) is 6.10 Å². The predicted octanol–water partition coefficient (Wildman–Crippen LogP) is 3.44. The first kappa shape index (κ1) is 13.9. The molecule has 3 atom stereocenters. The molecule has 0 heterocycles. The molecule has 0 radical (unpaired) electrons. The zero-order valence-electron chi connectivity index (χ0n) is 12.6. The van der Waals surface area contributed by atoms with Crippen molar-refractivity contribution in [3.05, 3.63) is 0 Å². The number of aliphatic hydroxyl groups excluding tert-OH is 1. The lowest BCUT2D eigenvalue weighted by atomic mass is 9.77. The summed E-state index contributed by atoms with van der Waals surface area (Å²) in [5, 5.41) is 10.3. The Labute approximate surface area is 118 Å². The molecule has 0 bridgehead atoms. The maximum Gasteiger partial charge on any atom is 0.0580 e. The molecule has 0 aromatic rings. The molecule has 0 amide bonds. The van der Waals surface area contributed by atoms with Gasteiger partial charge in [-0.2, -0.15) is 0 Å². The van der Waals surface area contributed by atoms with Crippen LogP contribution in [-0.4, -0.2) is 35.2 Å². The van der Waals surface area contributed by atoms with Crippen molar-refractivity contribution in [2.24, 2.45) is 17.8 Å². The first-order valence-corrected chi connectivity index (χ1v) is 8.68. The van der Waals surface area contributed by atoms with Gasteiger partial charge < -0.3 is 5.11 Å². The molecule has 0 saturated heterocycles. The smallest absolute Gasteiger partial charge is 0.0580 e. The molecule has 0 aliphatic heterocycles. The highest BCUT2D eigenvalue weighted by Gasteiger charge is 2.37. The third kappa shape index (κ3) is 3.95. The van der Waals surface area contributed by atoms with Crippen molar-refractivity contribution in [2.45, 2.75) is 76.9 Å². The van der Waals surface area contributed by atoms with Crippen LogP contribution >= 0.6 is 0 Å². The Morgan fingerprint density at radius 2 is 1.68 bits per heavy atom. The van der Waals surface area contributed by atoms with E-state index in [9.17, 15) is 5.11 Å². The molecule has 2 nitrogen and oxygen atoms in total. The first-order valence-electron chi connectivity index (χ1n) is 8.68. The van der Waals surface area contributed by atoms with E-state index in [2.05, 4.69) is 11.8 Å². The van der Waals surface area contributed by atoms with Crippen molar-refractivity contribution in [1.29, 1.82) is 0 Å². The second-order valence-corrected chi connectivity index (χ2v) is 7.42. The summed E-state index contributed by atoms with van der Waals surface area (Å²) in [4.78, 5) is 2.74. The molecule has 2 heteroatoms. The van der Waals surface area contributed by atoms with Gasteiger partial charge in [-0.3, -0.25) is 4.90 Å². The van der Waals surface area contributed by atoms with Crippen molar-refractivity contribution < 1.29 is 5.11 Å². The van der Waals surface area contributed by atoms with Crippen LogP contribution in [0.4, 0.5) is 0 Å². The van der Waals surface area contributed by atoms with Crippen LogP contribution < -0.4 is 0 Å². The van der Waals surface area contributed by atoms with Gasteiger partial charge in [-0.25, -0.2) is 0 Å². The third-order valence-electron chi connectivity index (χ3n) is 5.47. The van der Waals surface area contributed by atoms with Crippen molar-refractivity contribution >= 4 is 0 Å². The van der Waals surface area contributed by atoms with Gasteiger partial charge in [0, 0.05) is 19.1 Å². The second kappa shape index (κ2) is 6.13. The van der Waals surface area contributed by atoms with E-state index in [1.165, 1.54) is 64.5 Å². The van der Waals surface area contributed by atoms with Gasteiger partial charge in [0.25, 0.3) is 0 Å². The molecule has 3 fully saturated rings. The molecule has 3 rings (SSSR count). The second-order valence-electron chi connectivity index (χ2n) is 7.42. The minimum absolute atomic E-state index is 0.0199. The van der Waals surface area contributed by atoms with Gasteiger partial charge in [0.1, 0.15) is 0 Å². The van der Waals surface area contributed by atoms with Crippen LogP contribution in [0.3, 0.4) is 0 Å². The van der Waals surface area contributed by atoms with E-state index < -0.39 is 0 Å². The lowest BCUT2D eigenvalue weighted by Crippen LogP contribution is -2.40. The average Bonchev–Trinajstić information content (AvgIpc) is 3.26. The van der Waals surface area contributed by atoms with Gasteiger partial charge in [-0.15, -0.1) is 0 Å². The SMILES string of the molecule is CCCC1CCC(O)C(CN(CC2CC2)C2CC2)C1. The van der Waals surface area contributed by atoms with Gasteiger partial charge >= 0.3 is 0 Å². The minimum Gasteiger partial charge on any atom is -0.393 e. The summed E-state index contributed by atoms with van der Waals surface area (Å²) in [6, 6.07) is 0.874. The van der Waals surface area contributed by atoms with Gasteiger partial charge in [-0.05, 0) is 62.7 Å². The molecule has 19 heavy (non-hydrogen) atoms. The highest BCUT2D eigenvalue weighted by atomic mass is 16.3. The molecule has 0 spiro atoms. The summed E-state index contributed by atoms with van der Waals surface area (Å²) in [6.07, 6.45) is 12.0. The summed E-state index contributed by atoms with van der Waals surface area (Å²) in [5.74, 6) is 2.44. The van der Waals surface area contributed by atoms with Crippen molar-refractivity contribution in [1.82, 2.24) is 4.90 Å². The normalized spacial score (nSPS) is 35.8. The number of nitrogens with zero attached hydrogens (tertiary/aromatic N) is 1. The predicted molar refractivity (Wildman–Crippen MR) is 79.1 cm³/mol. The Hall–Kier alpha value is -0.0800. The quantitative estimate of drug-likeness (QED) is 0.762. The number of rotatable bonds is 7. The van der Waals surface area contributed by atoms with Crippen LogP contribution in [-0.2, 0) is 0 Å². The highest BCUT2D eigenvalue weighted by molar-refractivity contribution is 4.91. The van der Waals surface area contributed by atoms with Crippen LogP contribution in [0.2, 0.25) is 0 Å². The third-order valence-corrected chi connectivity index (χ3v) is 5.47. The van der Waals surface area contributed by atoms with E-state index in [0.717, 1.165) is 24.3 Å². The largest absolute Gasteiger partial charge is 0.393 e. The van der Waals surface area contributed by atoms with Crippen molar-refractivity contribution in [2.75, 3.05) is 13.1 Å². The average molecular weight is 265 g/mol. The summed E-state index contributed by atoms with van der Waals surface area (Å²) >= 11 is 0. The standard InChI is InChI=1S/C17H31NO/c1-2-3-13-6-9-17(19)15(10-13)12-18(16-7-8-16)11-14-4-5-14/h13-17,19H,2-12H2,1H3. The van der Waals surface area contributed by atoms with Crippen molar-refractivity contribution in [3.8, 4) is 0 Å². The molecule has 3 unspecified atom stereocenters. The maximum atomic E-state index is 10.3. The Morgan fingerprint density at radius 1 is 0.947 bits per heavy atom. The topological polar surface area (TPSA) is 23.5 Å². The first-order chi connectivity index (χ1) is 9.26. The van der Waals surface area contributed by atoms with E-state index in [-0.39, 0.29) is 6.10 Å². The molecular weight excluding hydrogens is 234 g/mol. The zero-order chi connectivity index (χ0) is 13.2. The van der Waals surface area contributed by atoms with Crippen LogP contribution in [0, 0.1) is 17.8 Å². The molecule has 0 aromatic carbocycles. The fourth-order valence-electron chi connectivity index (χ4n) is 3.96. The Bertz CT molecular complexity index is 285. The van der Waals surface area contributed by atoms with Crippen molar-refractivity contribution in [3.63, 3.8) is 0 Å². The summed E-state index contributed by atoms with van der Waals surface area (Å²) in [5.41, 5.74) is 0. The lowest BCUT2D eigenvalue weighted by molar-refractivity contribution is 0.0233. The fourth-order valence-corrected chi connectivity index (χ4v) is 3.96. The molecule has 110 valence electrons. The Morgan fingerprint density at radius 3 is 2.32 bits per heavy atom. The Balaban J connectivity index is 1.52. The number of aliphatic hydroxyl groups is 1. The molecule has 1 N–H and O–H groups in total. The molecule has 3 aliphatic carbocycles. The highest BCUT2D eigenvalue weighted by Crippen LogP contribution is 2.38. The Kier molecular flexibility index (Phi) is 4.48. The zero-order valence-corrected chi connectivity index (χ0v) is 12.6. The molecule has 3 saturated carbocycles. The van der Waals surface area contributed by atoms with E-state index in [4.69, 9.17) is 0 Å². The van der Waals surface area contributed by atoms with Crippen LogP contribution in [0.1, 0.15) is 64.7 Å². The van der Waals surface area contributed by atoms with E-state index in [1.54, 1.807) is 0 Å².